The molecule has 140 valence electrons. The van der Waals surface area contributed by atoms with Crippen molar-refractivity contribution in [1.29, 1.82) is 0 Å². The summed E-state index contributed by atoms with van der Waals surface area (Å²) < 4.78 is 12.5. The third-order valence-electron chi connectivity index (χ3n) is 4.18. The predicted octanol–water partition coefficient (Wildman–Crippen LogP) is 2.92. The quantitative estimate of drug-likeness (QED) is 0.696. The predicted molar refractivity (Wildman–Crippen MR) is 101 cm³/mol. The van der Waals surface area contributed by atoms with Crippen LogP contribution in [0.1, 0.15) is 25.5 Å². The maximum absolute atomic E-state index is 12.4. The van der Waals surface area contributed by atoms with Crippen molar-refractivity contribution >= 4 is 5.91 Å². The summed E-state index contributed by atoms with van der Waals surface area (Å²) in [5.41, 5.74) is 1.90. The minimum atomic E-state index is -0.615. The van der Waals surface area contributed by atoms with Crippen molar-refractivity contribution in [1.82, 2.24) is 20.1 Å². The van der Waals surface area contributed by atoms with Gasteiger partial charge >= 0.3 is 0 Å². The van der Waals surface area contributed by atoms with Crippen LogP contribution in [0.15, 0.2) is 61.2 Å². The van der Waals surface area contributed by atoms with Crippen LogP contribution in [0.5, 0.6) is 11.5 Å². The molecule has 0 radical (unpaired) electrons. The van der Waals surface area contributed by atoms with E-state index < -0.39 is 6.10 Å². The minimum Gasteiger partial charge on any atom is -0.497 e. The molecule has 2 aromatic carbocycles. The van der Waals surface area contributed by atoms with Crippen LogP contribution in [0, 0.1) is 0 Å². The van der Waals surface area contributed by atoms with Crippen LogP contribution in [-0.4, -0.2) is 33.9 Å². The second-order valence-electron chi connectivity index (χ2n) is 6.10. The standard InChI is InChI=1S/C20H22N4O3/c1-14(16-4-6-17(7-5-16)24-13-21-12-22-24)23-20(25)15(2)27-19-10-8-18(26-3)9-11-19/h4-15H,1-3H3,(H,23,25)/t14-,15+/m1/s1. The summed E-state index contributed by atoms with van der Waals surface area (Å²) in [5.74, 6) is 1.17. The van der Waals surface area contributed by atoms with E-state index >= 15 is 0 Å². The van der Waals surface area contributed by atoms with Crippen LogP contribution in [0.2, 0.25) is 0 Å². The Morgan fingerprint density at radius 1 is 1.04 bits per heavy atom. The molecule has 3 rings (SSSR count). The highest BCUT2D eigenvalue weighted by atomic mass is 16.5. The third kappa shape index (κ3) is 4.63. The Morgan fingerprint density at radius 3 is 2.30 bits per heavy atom. The second-order valence-corrected chi connectivity index (χ2v) is 6.10. The largest absolute Gasteiger partial charge is 0.497 e. The lowest BCUT2D eigenvalue weighted by Crippen LogP contribution is -2.37. The molecule has 0 aliphatic heterocycles. The smallest absolute Gasteiger partial charge is 0.261 e. The molecule has 0 aliphatic rings. The summed E-state index contributed by atoms with van der Waals surface area (Å²) in [6.07, 6.45) is 2.51. The van der Waals surface area contributed by atoms with Gasteiger partial charge in [0.25, 0.3) is 5.91 Å². The van der Waals surface area contributed by atoms with Gasteiger partial charge in [-0.1, -0.05) is 12.1 Å². The molecule has 0 saturated carbocycles. The molecule has 1 amide bonds. The van der Waals surface area contributed by atoms with Gasteiger partial charge in [-0.2, -0.15) is 5.10 Å². The van der Waals surface area contributed by atoms with Gasteiger partial charge in [0, 0.05) is 0 Å². The Labute approximate surface area is 158 Å². The first-order chi connectivity index (χ1) is 13.1. The van der Waals surface area contributed by atoms with E-state index in [1.165, 1.54) is 6.33 Å². The zero-order valence-corrected chi connectivity index (χ0v) is 15.5. The number of methoxy groups -OCH3 is 1. The molecule has 3 aromatic rings. The maximum Gasteiger partial charge on any atom is 0.261 e. The van der Waals surface area contributed by atoms with Gasteiger partial charge in [-0.25, -0.2) is 9.67 Å². The lowest BCUT2D eigenvalue weighted by Gasteiger charge is -2.19. The Morgan fingerprint density at radius 2 is 1.70 bits per heavy atom. The first kappa shape index (κ1) is 18.4. The molecule has 1 aromatic heterocycles. The number of carbonyl (C=O) groups excluding carboxylic acids is 1. The molecule has 0 saturated heterocycles. The van der Waals surface area contributed by atoms with Crippen molar-refractivity contribution in [3.8, 4) is 17.2 Å². The molecule has 27 heavy (non-hydrogen) atoms. The third-order valence-corrected chi connectivity index (χ3v) is 4.18. The summed E-state index contributed by atoms with van der Waals surface area (Å²) in [6.45, 7) is 3.66. The topological polar surface area (TPSA) is 78.3 Å². The Balaban J connectivity index is 1.57. The molecule has 0 spiro atoms. The molecule has 1 heterocycles. The number of carbonyl (C=O) groups is 1. The van der Waals surface area contributed by atoms with Crippen molar-refractivity contribution in [2.24, 2.45) is 0 Å². The number of ether oxygens (including phenoxy) is 2. The van der Waals surface area contributed by atoms with Gasteiger partial charge in [0.05, 0.1) is 18.8 Å². The highest BCUT2D eigenvalue weighted by Gasteiger charge is 2.18. The molecular formula is C20H22N4O3. The summed E-state index contributed by atoms with van der Waals surface area (Å²) in [4.78, 5) is 16.4. The van der Waals surface area contributed by atoms with Gasteiger partial charge in [-0.05, 0) is 55.8 Å². The summed E-state index contributed by atoms with van der Waals surface area (Å²) in [6, 6.07) is 14.8. The molecule has 7 nitrogen and oxygen atoms in total. The Bertz CT molecular complexity index is 861. The number of hydrogen-bond acceptors (Lipinski definition) is 5. The van der Waals surface area contributed by atoms with Gasteiger partial charge in [0.1, 0.15) is 24.2 Å². The number of nitrogens with zero attached hydrogens (tertiary/aromatic N) is 3. The van der Waals surface area contributed by atoms with Crippen molar-refractivity contribution in [3.05, 3.63) is 66.7 Å². The maximum atomic E-state index is 12.4. The van der Waals surface area contributed by atoms with E-state index in [-0.39, 0.29) is 11.9 Å². The molecule has 2 atom stereocenters. The highest BCUT2D eigenvalue weighted by molar-refractivity contribution is 5.81. The van der Waals surface area contributed by atoms with E-state index in [1.54, 1.807) is 49.3 Å². The average Bonchev–Trinajstić information content (AvgIpc) is 3.23. The number of amides is 1. The molecule has 1 N–H and O–H groups in total. The fourth-order valence-electron chi connectivity index (χ4n) is 2.58. The van der Waals surface area contributed by atoms with Gasteiger partial charge in [0.2, 0.25) is 0 Å². The zero-order chi connectivity index (χ0) is 19.2. The molecular weight excluding hydrogens is 344 g/mol. The van der Waals surface area contributed by atoms with Gasteiger partial charge in [-0.3, -0.25) is 4.79 Å². The van der Waals surface area contributed by atoms with E-state index in [0.29, 0.717) is 5.75 Å². The number of rotatable bonds is 7. The summed E-state index contributed by atoms with van der Waals surface area (Å²) >= 11 is 0. The van der Waals surface area contributed by atoms with Crippen molar-refractivity contribution in [2.45, 2.75) is 26.0 Å². The van der Waals surface area contributed by atoms with Crippen LogP contribution < -0.4 is 14.8 Å². The fraction of sp³-hybridized carbons (Fsp3) is 0.250. The first-order valence-corrected chi connectivity index (χ1v) is 8.63. The summed E-state index contributed by atoms with van der Waals surface area (Å²) in [7, 11) is 1.60. The number of hydrogen-bond donors (Lipinski definition) is 1. The molecule has 0 unspecified atom stereocenters. The van der Waals surface area contributed by atoms with Crippen molar-refractivity contribution in [2.75, 3.05) is 7.11 Å². The van der Waals surface area contributed by atoms with Crippen LogP contribution in [-0.2, 0) is 4.79 Å². The highest BCUT2D eigenvalue weighted by Crippen LogP contribution is 2.19. The normalized spacial score (nSPS) is 12.9. The minimum absolute atomic E-state index is 0.149. The van der Waals surface area contributed by atoms with E-state index in [9.17, 15) is 4.79 Å². The molecule has 0 aliphatic carbocycles. The van der Waals surface area contributed by atoms with Crippen LogP contribution >= 0.6 is 0 Å². The monoisotopic (exact) mass is 366 g/mol. The van der Waals surface area contributed by atoms with Crippen LogP contribution in [0.3, 0.4) is 0 Å². The molecule has 0 bridgehead atoms. The van der Waals surface area contributed by atoms with E-state index in [4.69, 9.17) is 9.47 Å². The van der Waals surface area contributed by atoms with Gasteiger partial charge in [0.15, 0.2) is 6.10 Å². The Hall–Kier alpha value is -3.35. The number of nitrogens with one attached hydrogen (secondary N) is 1. The number of benzene rings is 2. The SMILES string of the molecule is COc1ccc(O[C@@H](C)C(=O)N[C@H](C)c2ccc(-n3cncn3)cc2)cc1. The lowest BCUT2D eigenvalue weighted by atomic mass is 10.1. The zero-order valence-electron chi connectivity index (χ0n) is 15.5. The van der Waals surface area contributed by atoms with Crippen LogP contribution in [0.25, 0.3) is 5.69 Å². The van der Waals surface area contributed by atoms with Crippen LogP contribution in [0.4, 0.5) is 0 Å². The van der Waals surface area contributed by atoms with E-state index in [2.05, 4.69) is 15.4 Å². The molecule has 7 heteroatoms. The van der Waals surface area contributed by atoms with E-state index in [1.807, 2.05) is 31.2 Å². The Kier molecular flexibility index (Phi) is 5.71. The average molecular weight is 366 g/mol. The van der Waals surface area contributed by atoms with Gasteiger partial charge in [-0.15, -0.1) is 0 Å². The number of aromatic nitrogens is 3. The van der Waals surface area contributed by atoms with Gasteiger partial charge < -0.3 is 14.8 Å². The summed E-state index contributed by atoms with van der Waals surface area (Å²) in [5, 5.41) is 7.06. The fourth-order valence-corrected chi connectivity index (χ4v) is 2.58. The lowest BCUT2D eigenvalue weighted by molar-refractivity contribution is -0.127. The van der Waals surface area contributed by atoms with Crippen molar-refractivity contribution < 1.29 is 14.3 Å². The first-order valence-electron chi connectivity index (χ1n) is 8.63. The van der Waals surface area contributed by atoms with E-state index in [0.717, 1.165) is 17.0 Å². The molecule has 0 fully saturated rings. The van der Waals surface area contributed by atoms with Crippen molar-refractivity contribution in [3.63, 3.8) is 0 Å². The second kappa shape index (κ2) is 8.35.